The molecule has 1 fully saturated rings. The summed E-state index contributed by atoms with van der Waals surface area (Å²) < 4.78 is 41.0. The van der Waals surface area contributed by atoms with E-state index in [1.165, 1.54) is 29.4 Å². The Morgan fingerprint density at radius 1 is 1.11 bits per heavy atom. The van der Waals surface area contributed by atoms with Crippen LogP contribution in [0.3, 0.4) is 0 Å². The molecular formula is C19H21ClFN3O3S. The first-order valence-corrected chi connectivity index (χ1v) is 10.6. The Balaban J connectivity index is 1.64. The fourth-order valence-corrected chi connectivity index (χ4v) is 4.74. The number of nitrogens with zero attached hydrogens (tertiary/aromatic N) is 2. The van der Waals surface area contributed by atoms with E-state index in [4.69, 9.17) is 11.6 Å². The quantitative estimate of drug-likeness (QED) is 0.799. The molecule has 1 N–H and O–H groups in total. The molecule has 1 aliphatic heterocycles. The van der Waals surface area contributed by atoms with Crippen LogP contribution in [-0.4, -0.2) is 49.7 Å². The second-order valence-corrected chi connectivity index (χ2v) is 8.93. The molecule has 2 aromatic carbocycles. The van der Waals surface area contributed by atoms with Crippen molar-refractivity contribution in [3.63, 3.8) is 0 Å². The lowest BCUT2D eigenvalue weighted by molar-refractivity contribution is -0.114. The van der Waals surface area contributed by atoms with Crippen molar-refractivity contribution in [2.75, 3.05) is 31.5 Å². The van der Waals surface area contributed by atoms with Crippen molar-refractivity contribution in [1.82, 2.24) is 9.21 Å². The SMILES string of the molecule is CC(=O)Nc1ccc(S(=O)(=O)N2CCN(Cc3c(F)cccc3Cl)CC2)cc1. The molecule has 1 heterocycles. The van der Waals surface area contributed by atoms with Crippen LogP contribution in [0.4, 0.5) is 10.1 Å². The van der Waals surface area contributed by atoms with E-state index >= 15 is 0 Å². The molecule has 0 aromatic heterocycles. The van der Waals surface area contributed by atoms with Gasteiger partial charge in [-0.3, -0.25) is 9.69 Å². The summed E-state index contributed by atoms with van der Waals surface area (Å²) in [6.07, 6.45) is 0. The molecule has 0 atom stereocenters. The highest BCUT2D eigenvalue weighted by Gasteiger charge is 2.29. The first-order chi connectivity index (χ1) is 13.3. The molecule has 0 bridgehead atoms. The maximum atomic E-state index is 14.0. The molecule has 0 spiro atoms. The number of anilines is 1. The summed E-state index contributed by atoms with van der Waals surface area (Å²) in [6.45, 7) is 3.30. The monoisotopic (exact) mass is 425 g/mol. The predicted octanol–water partition coefficient (Wildman–Crippen LogP) is 2.94. The molecule has 0 unspecified atom stereocenters. The normalized spacial score (nSPS) is 16.1. The number of nitrogens with one attached hydrogen (secondary N) is 1. The van der Waals surface area contributed by atoms with Gasteiger partial charge >= 0.3 is 0 Å². The standard InChI is InChI=1S/C19H21ClFN3O3S/c1-14(25)22-15-5-7-16(8-6-15)28(26,27)24-11-9-23(10-12-24)13-17-18(20)3-2-4-19(17)21/h2-8H,9-13H2,1H3,(H,22,25). The van der Waals surface area contributed by atoms with Crippen molar-refractivity contribution < 1.29 is 17.6 Å². The fraction of sp³-hybridized carbons (Fsp3) is 0.316. The highest BCUT2D eigenvalue weighted by atomic mass is 35.5. The van der Waals surface area contributed by atoms with Crippen LogP contribution in [0, 0.1) is 5.82 Å². The van der Waals surface area contributed by atoms with Crippen LogP contribution >= 0.6 is 11.6 Å². The van der Waals surface area contributed by atoms with Gasteiger partial charge in [0.05, 0.1) is 4.90 Å². The van der Waals surface area contributed by atoms with Gasteiger partial charge in [0, 0.05) is 55.9 Å². The summed E-state index contributed by atoms with van der Waals surface area (Å²) in [4.78, 5) is 13.2. The molecule has 1 aliphatic rings. The van der Waals surface area contributed by atoms with Crippen molar-refractivity contribution in [1.29, 1.82) is 0 Å². The van der Waals surface area contributed by atoms with E-state index in [2.05, 4.69) is 5.32 Å². The van der Waals surface area contributed by atoms with Crippen LogP contribution in [0.15, 0.2) is 47.4 Å². The zero-order valence-corrected chi connectivity index (χ0v) is 16.9. The van der Waals surface area contributed by atoms with E-state index in [1.54, 1.807) is 24.3 Å². The van der Waals surface area contributed by atoms with Crippen LogP contribution in [-0.2, 0) is 21.4 Å². The first kappa shape index (κ1) is 20.7. The van der Waals surface area contributed by atoms with Gasteiger partial charge in [-0.2, -0.15) is 4.31 Å². The van der Waals surface area contributed by atoms with E-state index in [0.29, 0.717) is 49.0 Å². The first-order valence-electron chi connectivity index (χ1n) is 8.80. The van der Waals surface area contributed by atoms with E-state index < -0.39 is 10.0 Å². The Bertz CT molecular complexity index is 939. The van der Waals surface area contributed by atoms with Gasteiger partial charge in [-0.25, -0.2) is 12.8 Å². The van der Waals surface area contributed by atoms with E-state index in [-0.39, 0.29) is 16.6 Å². The number of rotatable bonds is 5. The minimum Gasteiger partial charge on any atom is -0.326 e. The number of amides is 1. The number of carbonyl (C=O) groups is 1. The van der Waals surface area contributed by atoms with Gasteiger partial charge in [0.15, 0.2) is 0 Å². The van der Waals surface area contributed by atoms with Crippen LogP contribution in [0.2, 0.25) is 5.02 Å². The second kappa shape index (κ2) is 8.57. The van der Waals surface area contributed by atoms with E-state index in [1.807, 2.05) is 4.90 Å². The summed E-state index contributed by atoms with van der Waals surface area (Å²) in [5.74, 6) is -0.580. The predicted molar refractivity (Wildman–Crippen MR) is 106 cm³/mol. The highest BCUT2D eigenvalue weighted by Crippen LogP contribution is 2.23. The van der Waals surface area contributed by atoms with Gasteiger partial charge in [-0.1, -0.05) is 17.7 Å². The third kappa shape index (κ3) is 4.70. The Hall–Kier alpha value is -2.00. The molecule has 0 aliphatic carbocycles. The molecule has 0 saturated carbocycles. The highest BCUT2D eigenvalue weighted by molar-refractivity contribution is 7.89. The lowest BCUT2D eigenvalue weighted by atomic mass is 10.2. The number of carbonyl (C=O) groups excluding carboxylic acids is 1. The number of piperazine rings is 1. The second-order valence-electron chi connectivity index (χ2n) is 6.59. The smallest absolute Gasteiger partial charge is 0.243 e. The summed E-state index contributed by atoms with van der Waals surface area (Å²) in [6, 6.07) is 10.6. The van der Waals surface area contributed by atoms with Crippen molar-refractivity contribution >= 4 is 33.2 Å². The van der Waals surface area contributed by atoms with Gasteiger partial charge in [0.25, 0.3) is 0 Å². The molecule has 2 aromatic rings. The third-order valence-electron chi connectivity index (χ3n) is 4.59. The number of halogens is 2. The molecule has 6 nitrogen and oxygen atoms in total. The molecular weight excluding hydrogens is 405 g/mol. The maximum absolute atomic E-state index is 14.0. The van der Waals surface area contributed by atoms with Gasteiger partial charge in [0.1, 0.15) is 5.82 Å². The lowest BCUT2D eigenvalue weighted by Gasteiger charge is -2.34. The zero-order chi connectivity index (χ0) is 20.3. The summed E-state index contributed by atoms with van der Waals surface area (Å²) in [5.41, 5.74) is 0.965. The number of sulfonamides is 1. The Labute approximate surface area is 168 Å². The number of hydrogen-bond donors (Lipinski definition) is 1. The van der Waals surface area contributed by atoms with Crippen molar-refractivity contribution in [3.05, 3.63) is 58.9 Å². The number of hydrogen-bond acceptors (Lipinski definition) is 4. The summed E-state index contributed by atoms with van der Waals surface area (Å²) >= 11 is 6.08. The maximum Gasteiger partial charge on any atom is 0.243 e. The topological polar surface area (TPSA) is 69.7 Å². The Morgan fingerprint density at radius 3 is 2.32 bits per heavy atom. The van der Waals surface area contributed by atoms with Crippen molar-refractivity contribution in [2.45, 2.75) is 18.4 Å². The largest absolute Gasteiger partial charge is 0.326 e. The van der Waals surface area contributed by atoms with E-state index in [9.17, 15) is 17.6 Å². The van der Waals surface area contributed by atoms with Crippen LogP contribution in [0.1, 0.15) is 12.5 Å². The van der Waals surface area contributed by atoms with E-state index in [0.717, 1.165) is 0 Å². The van der Waals surface area contributed by atoms with Crippen molar-refractivity contribution in [3.8, 4) is 0 Å². The Kier molecular flexibility index (Phi) is 6.34. The van der Waals surface area contributed by atoms with Crippen LogP contribution in [0.25, 0.3) is 0 Å². The molecule has 9 heteroatoms. The van der Waals surface area contributed by atoms with Gasteiger partial charge in [0.2, 0.25) is 15.9 Å². The average molecular weight is 426 g/mol. The minimum atomic E-state index is -3.63. The average Bonchev–Trinajstić information content (AvgIpc) is 2.65. The fourth-order valence-electron chi connectivity index (χ4n) is 3.10. The minimum absolute atomic E-state index is 0.173. The summed E-state index contributed by atoms with van der Waals surface area (Å²) in [7, 11) is -3.63. The molecule has 0 radical (unpaired) electrons. The molecule has 150 valence electrons. The molecule has 1 amide bonds. The van der Waals surface area contributed by atoms with Crippen LogP contribution in [0.5, 0.6) is 0 Å². The lowest BCUT2D eigenvalue weighted by Crippen LogP contribution is -2.48. The van der Waals surface area contributed by atoms with Gasteiger partial charge in [-0.05, 0) is 36.4 Å². The number of benzene rings is 2. The van der Waals surface area contributed by atoms with Crippen LogP contribution < -0.4 is 5.32 Å². The van der Waals surface area contributed by atoms with Gasteiger partial charge in [-0.15, -0.1) is 0 Å². The molecule has 3 rings (SSSR count). The third-order valence-corrected chi connectivity index (χ3v) is 6.85. The van der Waals surface area contributed by atoms with Crippen molar-refractivity contribution in [2.24, 2.45) is 0 Å². The Morgan fingerprint density at radius 2 is 1.75 bits per heavy atom. The summed E-state index contributed by atoms with van der Waals surface area (Å²) in [5, 5.41) is 2.98. The van der Waals surface area contributed by atoms with Gasteiger partial charge < -0.3 is 5.32 Å². The molecule has 1 saturated heterocycles. The zero-order valence-electron chi connectivity index (χ0n) is 15.4. The molecule has 28 heavy (non-hydrogen) atoms.